The highest BCUT2D eigenvalue weighted by molar-refractivity contribution is 7.92. The van der Waals surface area contributed by atoms with Gasteiger partial charge in [0, 0.05) is 12.6 Å². The highest BCUT2D eigenvalue weighted by Crippen LogP contribution is 2.29. The molecule has 2 aromatic carbocycles. The quantitative estimate of drug-likeness (QED) is 0.539. The van der Waals surface area contributed by atoms with Gasteiger partial charge in [-0.3, -0.25) is 13.9 Å². The molecule has 2 aromatic rings. The van der Waals surface area contributed by atoms with Gasteiger partial charge in [0.25, 0.3) is 0 Å². The maximum absolute atomic E-state index is 13.5. The molecule has 0 radical (unpaired) electrons. The number of hydrogen-bond acceptors (Lipinski definition) is 5. The monoisotopic (exact) mass is 475 g/mol. The van der Waals surface area contributed by atoms with E-state index in [9.17, 15) is 18.0 Å². The van der Waals surface area contributed by atoms with Gasteiger partial charge in [-0.1, -0.05) is 49.4 Å². The van der Waals surface area contributed by atoms with Crippen molar-refractivity contribution in [2.75, 3.05) is 24.2 Å². The molecule has 8 nitrogen and oxygen atoms in total. The molecule has 0 aliphatic rings. The number of nitrogens with zero attached hydrogens (tertiary/aromatic N) is 2. The third kappa shape index (κ3) is 7.21. The normalized spacial score (nSPS) is 13.0. The fourth-order valence-corrected chi connectivity index (χ4v) is 4.11. The van der Waals surface area contributed by atoms with Crippen LogP contribution < -0.4 is 14.4 Å². The van der Waals surface area contributed by atoms with Crippen molar-refractivity contribution in [1.82, 2.24) is 10.2 Å². The second kappa shape index (κ2) is 11.7. The fourth-order valence-electron chi connectivity index (χ4n) is 3.26. The summed E-state index contributed by atoms with van der Waals surface area (Å²) in [5.41, 5.74) is 1.09. The summed E-state index contributed by atoms with van der Waals surface area (Å²) in [5, 5.41) is 2.90. The molecule has 2 rings (SSSR count). The van der Waals surface area contributed by atoms with Gasteiger partial charge in [-0.15, -0.1) is 0 Å². The van der Waals surface area contributed by atoms with Gasteiger partial charge in [0.15, 0.2) is 0 Å². The Hall–Kier alpha value is -3.07. The third-order valence-electron chi connectivity index (χ3n) is 5.40. The average Bonchev–Trinajstić information content (AvgIpc) is 2.80. The van der Waals surface area contributed by atoms with Crippen molar-refractivity contribution in [3.05, 3.63) is 60.2 Å². The van der Waals surface area contributed by atoms with Gasteiger partial charge < -0.3 is 15.0 Å². The molecule has 180 valence electrons. The van der Waals surface area contributed by atoms with Crippen LogP contribution in [0.4, 0.5) is 5.69 Å². The summed E-state index contributed by atoms with van der Waals surface area (Å²) in [6.45, 7) is 5.19. The van der Waals surface area contributed by atoms with Gasteiger partial charge in [-0.2, -0.15) is 0 Å². The van der Waals surface area contributed by atoms with Crippen LogP contribution in [-0.2, 0) is 26.2 Å². The predicted molar refractivity (Wildman–Crippen MR) is 130 cm³/mol. The Bertz CT molecular complexity index is 1040. The van der Waals surface area contributed by atoms with Crippen molar-refractivity contribution in [2.45, 2.75) is 45.8 Å². The van der Waals surface area contributed by atoms with Gasteiger partial charge in [0.1, 0.15) is 18.3 Å². The summed E-state index contributed by atoms with van der Waals surface area (Å²) < 4.78 is 31.6. The standard InChI is InChI=1S/C24H33N3O5S/c1-6-18(2)25-24(29)19(3)26(16-20-12-8-7-9-13-20)23(28)17-27(33(5,30)31)21-14-10-11-15-22(21)32-4/h7-15,18-19H,6,16-17H2,1-5H3,(H,25,29)/t18-,19+/m1/s1. The molecule has 1 N–H and O–H groups in total. The molecule has 0 heterocycles. The lowest BCUT2D eigenvalue weighted by molar-refractivity contribution is -0.139. The molecule has 0 fully saturated rings. The summed E-state index contributed by atoms with van der Waals surface area (Å²) in [7, 11) is -2.38. The maximum atomic E-state index is 13.5. The van der Waals surface area contributed by atoms with Crippen LogP contribution >= 0.6 is 0 Å². The van der Waals surface area contributed by atoms with Crippen LogP contribution in [0.3, 0.4) is 0 Å². The lowest BCUT2D eigenvalue weighted by Gasteiger charge is -2.32. The van der Waals surface area contributed by atoms with Crippen LogP contribution in [0.2, 0.25) is 0 Å². The largest absolute Gasteiger partial charge is 0.495 e. The number of amides is 2. The van der Waals surface area contributed by atoms with Crippen molar-refractivity contribution < 1.29 is 22.7 Å². The molecule has 0 saturated carbocycles. The first kappa shape index (κ1) is 26.2. The van der Waals surface area contributed by atoms with Gasteiger partial charge in [0.2, 0.25) is 21.8 Å². The van der Waals surface area contributed by atoms with Crippen molar-refractivity contribution in [3.8, 4) is 5.75 Å². The number of nitrogens with one attached hydrogen (secondary N) is 1. The zero-order chi connectivity index (χ0) is 24.6. The highest BCUT2D eigenvalue weighted by Gasteiger charge is 2.31. The van der Waals surface area contributed by atoms with Crippen LogP contribution in [0, 0.1) is 0 Å². The second-order valence-corrected chi connectivity index (χ2v) is 9.85. The van der Waals surface area contributed by atoms with Gasteiger partial charge in [0.05, 0.1) is 19.1 Å². The number of carbonyl (C=O) groups is 2. The van der Waals surface area contributed by atoms with Crippen LogP contribution in [0.1, 0.15) is 32.8 Å². The first-order valence-corrected chi connectivity index (χ1v) is 12.7. The maximum Gasteiger partial charge on any atom is 0.244 e. The molecule has 33 heavy (non-hydrogen) atoms. The zero-order valence-corrected chi connectivity index (χ0v) is 20.6. The van der Waals surface area contributed by atoms with E-state index in [0.717, 1.165) is 22.5 Å². The van der Waals surface area contributed by atoms with E-state index in [1.807, 2.05) is 44.2 Å². The lowest BCUT2D eigenvalue weighted by atomic mass is 10.1. The number of anilines is 1. The summed E-state index contributed by atoms with van der Waals surface area (Å²) in [6, 6.07) is 15.0. The summed E-state index contributed by atoms with van der Waals surface area (Å²) >= 11 is 0. The second-order valence-electron chi connectivity index (χ2n) is 7.94. The molecular formula is C24H33N3O5S. The van der Waals surface area contributed by atoms with E-state index in [2.05, 4.69) is 5.32 Å². The predicted octanol–water partition coefficient (Wildman–Crippen LogP) is 2.79. The first-order valence-electron chi connectivity index (χ1n) is 10.8. The van der Waals surface area contributed by atoms with E-state index in [4.69, 9.17) is 4.74 Å². The molecule has 0 aromatic heterocycles. The Morgan fingerprint density at radius 3 is 2.21 bits per heavy atom. The van der Waals surface area contributed by atoms with Crippen molar-refractivity contribution in [1.29, 1.82) is 0 Å². The van der Waals surface area contributed by atoms with Crippen molar-refractivity contribution in [3.63, 3.8) is 0 Å². The van der Waals surface area contributed by atoms with Crippen molar-refractivity contribution >= 4 is 27.5 Å². The molecule has 0 bridgehead atoms. The number of rotatable bonds is 11. The number of benzene rings is 2. The van der Waals surface area contributed by atoms with E-state index in [-0.39, 0.29) is 24.2 Å². The molecule has 9 heteroatoms. The highest BCUT2D eigenvalue weighted by atomic mass is 32.2. The Morgan fingerprint density at radius 2 is 1.64 bits per heavy atom. The Morgan fingerprint density at radius 1 is 1.03 bits per heavy atom. The number of hydrogen-bond donors (Lipinski definition) is 1. The Labute approximate surface area is 196 Å². The minimum Gasteiger partial charge on any atom is -0.495 e. The fraction of sp³-hybridized carbons (Fsp3) is 0.417. The van der Waals surface area contributed by atoms with Crippen LogP contribution in [-0.4, -0.2) is 57.1 Å². The first-order chi connectivity index (χ1) is 15.6. The third-order valence-corrected chi connectivity index (χ3v) is 6.52. The van der Waals surface area contributed by atoms with E-state index >= 15 is 0 Å². The lowest BCUT2D eigenvalue weighted by Crippen LogP contribution is -2.52. The van der Waals surface area contributed by atoms with Crippen LogP contribution in [0.25, 0.3) is 0 Å². The number of methoxy groups -OCH3 is 1. The molecule has 0 saturated heterocycles. The number of sulfonamides is 1. The molecule has 0 spiro atoms. The van der Waals surface area contributed by atoms with Crippen LogP contribution in [0.5, 0.6) is 5.75 Å². The number of carbonyl (C=O) groups excluding carboxylic acids is 2. The Balaban J connectivity index is 2.39. The average molecular weight is 476 g/mol. The van der Waals surface area contributed by atoms with E-state index in [1.165, 1.54) is 12.0 Å². The van der Waals surface area contributed by atoms with E-state index in [1.54, 1.807) is 31.2 Å². The number of ether oxygens (including phenoxy) is 1. The molecule has 0 aliphatic carbocycles. The van der Waals surface area contributed by atoms with E-state index in [0.29, 0.717) is 5.75 Å². The Kier molecular flexibility index (Phi) is 9.28. The van der Waals surface area contributed by atoms with E-state index < -0.39 is 28.5 Å². The number of para-hydroxylation sites is 2. The smallest absolute Gasteiger partial charge is 0.244 e. The van der Waals surface area contributed by atoms with Crippen molar-refractivity contribution in [2.24, 2.45) is 0 Å². The zero-order valence-electron chi connectivity index (χ0n) is 19.8. The topological polar surface area (TPSA) is 96.0 Å². The molecule has 2 atom stereocenters. The minimum atomic E-state index is -3.82. The molecule has 2 amide bonds. The van der Waals surface area contributed by atoms with Gasteiger partial charge in [-0.05, 0) is 38.0 Å². The van der Waals surface area contributed by atoms with Gasteiger partial charge in [-0.25, -0.2) is 8.42 Å². The molecular weight excluding hydrogens is 442 g/mol. The summed E-state index contributed by atoms with van der Waals surface area (Å²) in [5.74, 6) is -0.466. The molecule has 0 unspecified atom stereocenters. The van der Waals surface area contributed by atoms with Crippen LogP contribution in [0.15, 0.2) is 54.6 Å². The molecule has 0 aliphatic heterocycles. The SMILES string of the molecule is CC[C@@H](C)NC(=O)[C@H](C)N(Cc1ccccc1)C(=O)CN(c1ccccc1OC)S(C)(=O)=O. The summed E-state index contributed by atoms with van der Waals surface area (Å²) in [4.78, 5) is 27.7. The van der Waals surface area contributed by atoms with Gasteiger partial charge >= 0.3 is 0 Å². The minimum absolute atomic E-state index is 0.0466. The summed E-state index contributed by atoms with van der Waals surface area (Å²) in [6.07, 6.45) is 1.79.